The van der Waals surface area contributed by atoms with Crippen LogP contribution in [0.3, 0.4) is 0 Å². The third-order valence-corrected chi connectivity index (χ3v) is 2.42. The van der Waals surface area contributed by atoms with E-state index in [9.17, 15) is 0 Å². The van der Waals surface area contributed by atoms with Crippen molar-refractivity contribution in [2.24, 2.45) is 0 Å². The second kappa shape index (κ2) is 9.52. The largest absolute Gasteiger partial charge is 0.378 e. The zero-order valence-electron chi connectivity index (χ0n) is 12.1. The van der Waals surface area contributed by atoms with Crippen LogP contribution in [-0.2, 0) is 4.74 Å². The number of ether oxygens (including phenoxy) is 1. The van der Waals surface area contributed by atoms with Crippen LogP contribution in [0, 0.1) is 0 Å². The van der Waals surface area contributed by atoms with Crippen molar-refractivity contribution >= 4 is 11.8 Å². The molecule has 0 radical (unpaired) electrons. The molecule has 0 aliphatic carbocycles. The Morgan fingerprint density at radius 2 is 2.05 bits per heavy atom. The van der Waals surface area contributed by atoms with Gasteiger partial charge >= 0.3 is 0 Å². The van der Waals surface area contributed by atoms with Crippen LogP contribution in [0.5, 0.6) is 0 Å². The third-order valence-electron chi connectivity index (χ3n) is 2.42. The molecule has 0 saturated heterocycles. The molecule has 1 heterocycles. The topological polar surface area (TPSA) is 62.3 Å². The van der Waals surface area contributed by atoms with Crippen molar-refractivity contribution < 1.29 is 4.74 Å². The highest BCUT2D eigenvalue weighted by Crippen LogP contribution is 2.04. The predicted molar refractivity (Wildman–Crippen MR) is 78.7 cm³/mol. The molecule has 1 aromatic rings. The summed E-state index contributed by atoms with van der Waals surface area (Å²) in [7, 11) is 4.07. The number of rotatable bonds is 10. The quantitative estimate of drug-likeness (QED) is 0.623. The molecule has 2 N–H and O–H groups in total. The smallest absolute Gasteiger partial charge is 0.224 e. The molecule has 0 atom stereocenters. The molecule has 0 amide bonds. The lowest BCUT2D eigenvalue weighted by molar-refractivity contribution is 0.126. The number of nitrogens with one attached hydrogen (secondary N) is 2. The normalized spacial score (nSPS) is 10.7. The van der Waals surface area contributed by atoms with E-state index in [1.807, 2.05) is 20.2 Å². The molecule has 0 spiro atoms. The summed E-state index contributed by atoms with van der Waals surface area (Å²) in [5, 5.41) is 6.38. The highest BCUT2D eigenvalue weighted by atomic mass is 16.5. The maximum absolute atomic E-state index is 5.50. The summed E-state index contributed by atoms with van der Waals surface area (Å²) in [6.45, 7) is 6.12. The average Bonchev–Trinajstić information content (AvgIpc) is 2.40. The Labute approximate surface area is 115 Å². The lowest BCUT2D eigenvalue weighted by Crippen LogP contribution is -2.20. The van der Waals surface area contributed by atoms with Crippen LogP contribution >= 0.6 is 0 Å². The molecule has 0 saturated carbocycles. The van der Waals surface area contributed by atoms with Gasteiger partial charge in [0.05, 0.1) is 13.2 Å². The molecule has 0 aliphatic rings. The maximum Gasteiger partial charge on any atom is 0.224 e. The summed E-state index contributed by atoms with van der Waals surface area (Å²) in [6, 6.07) is 1.86. The third kappa shape index (κ3) is 7.58. The summed E-state index contributed by atoms with van der Waals surface area (Å²) < 4.78 is 5.50. The van der Waals surface area contributed by atoms with Crippen LogP contribution in [0.25, 0.3) is 0 Å². The minimum absolute atomic E-state index is 0.667. The predicted octanol–water partition coefficient (Wildman–Crippen LogP) is 1.29. The molecule has 1 rings (SSSR count). The fourth-order valence-electron chi connectivity index (χ4n) is 1.38. The van der Waals surface area contributed by atoms with E-state index in [2.05, 4.69) is 32.4 Å². The Morgan fingerprint density at radius 1 is 1.21 bits per heavy atom. The van der Waals surface area contributed by atoms with Crippen LogP contribution in [0.1, 0.15) is 13.3 Å². The van der Waals surface area contributed by atoms with Gasteiger partial charge in [-0.3, -0.25) is 0 Å². The number of anilines is 2. The molecule has 0 bridgehead atoms. The van der Waals surface area contributed by atoms with E-state index in [0.29, 0.717) is 12.6 Å². The molecule has 6 nitrogen and oxygen atoms in total. The van der Waals surface area contributed by atoms with E-state index >= 15 is 0 Å². The van der Waals surface area contributed by atoms with Crippen molar-refractivity contribution in [2.75, 3.05) is 57.6 Å². The van der Waals surface area contributed by atoms with Crippen molar-refractivity contribution in [2.45, 2.75) is 13.3 Å². The van der Waals surface area contributed by atoms with Crippen molar-refractivity contribution in [3.05, 3.63) is 12.3 Å². The first kappa shape index (κ1) is 15.7. The van der Waals surface area contributed by atoms with Gasteiger partial charge in [-0.1, -0.05) is 6.92 Å². The molecule has 0 fully saturated rings. The minimum atomic E-state index is 0.667. The van der Waals surface area contributed by atoms with Crippen LogP contribution in [0.2, 0.25) is 0 Å². The first-order valence-corrected chi connectivity index (χ1v) is 6.75. The van der Waals surface area contributed by atoms with E-state index in [0.717, 1.165) is 38.5 Å². The fraction of sp³-hybridized carbons (Fsp3) is 0.692. The molecule has 0 aliphatic heterocycles. The molecular weight excluding hydrogens is 242 g/mol. The Kier molecular flexibility index (Phi) is 7.84. The molecule has 19 heavy (non-hydrogen) atoms. The van der Waals surface area contributed by atoms with Gasteiger partial charge in [0.1, 0.15) is 5.82 Å². The Morgan fingerprint density at radius 3 is 2.79 bits per heavy atom. The molecule has 108 valence electrons. The summed E-state index contributed by atoms with van der Waals surface area (Å²) in [5.74, 6) is 1.49. The highest BCUT2D eigenvalue weighted by Gasteiger charge is 1.98. The summed E-state index contributed by atoms with van der Waals surface area (Å²) in [6.07, 6.45) is 2.81. The van der Waals surface area contributed by atoms with E-state index < -0.39 is 0 Å². The summed E-state index contributed by atoms with van der Waals surface area (Å²) in [4.78, 5) is 10.6. The summed E-state index contributed by atoms with van der Waals surface area (Å²) in [5.41, 5.74) is 0. The SMILES string of the molecule is CCCNc1nccc(NCCOCCN(C)C)n1. The second-order valence-electron chi connectivity index (χ2n) is 4.53. The Bertz CT molecular complexity index is 346. The van der Waals surface area contributed by atoms with Crippen LogP contribution in [0.15, 0.2) is 12.3 Å². The number of hydrogen-bond acceptors (Lipinski definition) is 6. The number of hydrogen-bond donors (Lipinski definition) is 2. The van der Waals surface area contributed by atoms with Crippen molar-refractivity contribution in [3.63, 3.8) is 0 Å². The first-order valence-electron chi connectivity index (χ1n) is 6.75. The van der Waals surface area contributed by atoms with Gasteiger partial charge in [0.15, 0.2) is 0 Å². The van der Waals surface area contributed by atoms with Crippen molar-refractivity contribution in [3.8, 4) is 0 Å². The minimum Gasteiger partial charge on any atom is -0.378 e. The monoisotopic (exact) mass is 267 g/mol. The lowest BCUT2D eigenvalue weighted by Gasteiger charge is -2.11. The van der Waals surface area contributed by atoms with Gasteiger partial charge in [0.2, 0.25) is 5.95 Å². The summed E-state index contributed by atoms with van der Waals surface area (Å²) >= 11 is 0. The molecule has 0 unspecified atom stereocenters. The van der Waals surface area contributed by atoms with Crippen molar-refractivity contribution in [1.29, 1.82) is 0 Å². The van der Waals surface area contributed by atoms with Crippen LogP contribution in [0.4, 0.5) is 11.8 Å². The van der Waals surface area contributed by atoms with E-state index in [1.165, 1.54) is 0 Å². The standard InChI is InChI=1S/C13H25N5O/c1-4-6-15-13-16-7-5-12(17-13)14-8-10-19-11-9-18(2)3/h5,7H,4,6,8-11H2,1-3H3,(H2,14,15,16,17). The van der Waals surface area contributed by atoms with Crippen LogP contribution < -0.4 is 10.6 Å². The maximum atomic E-state index is 5.50. The number of aromatic nitrogens is 2. The second-order valence-corrected chi connectivity index (χ2v) is 4.53. The average molecular weight is 267 g/mol. The van der Waals surface area contributed by atoms with Gasteiger partial charge in [-0.05, 0) is 26.6 Å². The van der Waals surface area contributed by atoms with Gasteiger partial charge in [-0.2, -0.15) is 4.98 Å². The zero-order valence-corrected chi connectivity index (χ0v) is 12.1. The molecule has 1 aromatic heterocycles. The zero-order chi connectivity index (χ0) is 13.9. The van der Waals surface area contributed by atoms with Gasteiger partial charge in [-0.15, -0.1) is 0 Å². The van der Waals surface area contributed by atoms with E-state index in [4.69, 9.17) is 4.74 Å². The van der Waals surface area contributed by atoms with E-state index in [1.54, 1.807) is 6.20 Å². The van der Waals surface area contributed by atoms with Crippen LogP contribution in [-0.4, -0.2) is 61.8 Å². The molecular formula is C13H25N5O. The van der Waals surface area contributed by atoms with E-state index in [-0.39, 0.29) is 0 Å². The molecule has 6 heteroatoms. The number of nitrogens with zero attached hydrogens (tertiary/aromatic N) is 3. The highest BCUT2D eigenvalue weighted by molar-refractivity contribution is 5.39. The number of likely N-dealkylation sites (N-methyl/N-ethyl adjacent to an activating group) is 1. The lowest BCUT2D eigenvalue weighted by atomic mass is 10.5. The fourth-order valence-corrected chi connectivity index (χ4v) is 1.38. The van der Waals surface area contributed by atoms with Gasteiger partial charge in [0.25, 0.3) is 0 Å². The van der Waals surface area contributed by atoms with Gasteiger partial charge in [-0.25, -0.2) is 4.98 Å². The first-order chi connectivity index (χ1) is 9.22. The molecule has 0 aromatic carbocycles. The van der Waals surface area contributed by atoms with Gasteiger partial charge in [0, 0.05) is 25.8 Å². The Hall–Kier alpha value is -1.40. The van der Waals surface area contributed by atoms with Gasteiger partial charge < -0.3 is 20.3 Å². The Balaban J connectivity index is 2.18. The van der Waals surface area contributed by atoms with Crippen molar-refractivity contribution in [1.82, 2.24) is 14.9 Å².